The van der Waals surface area contributed by atoms with E-state index in [1.54, 1.807) is 18.2 Å². The monoisotopic (exact) mass is 375 g/mol. The summed E-state index contributed by atoms with van der Waals surface area (Å²) in [6.45, 7) is 3.20. The molecule has 2 amide bonds. The van der Waals surface area contributed by atoms with Crippen LogP contribution in [-0.2, 0) is 0 Å². The van der Waals surface area contributed by atoms with E-state index in [1.165, 1.54) is 57.7 Å². The van der Waals surface area contributed by atoms with Crippen molar-refractivity contribution in [3.63, 3.8) is 0 Å². The molecule has 1 saturated carbocycles. The number of likely N-dealkylation sites (tertiary alicyclic amines) is 1. The van der Waals surface area contributed by atoms with Gasteiger partial charge in [0.05, 0.1) is 6.10 Å². The Labute approximate surface area is 162 Å². The molecular weight excluding hydrogens is 342 g/mol. The fourth-order valence-corrected chi connectivity index (χ4v) is 4.37. The first-order valence-electron chi connectivity index (χ1n) is 10.3. The van der Waals surface area contributed by atoms with E-state index in [0.29, 0.717) is 18.0 Å². The van der Waals surface area contributed by atoms with Crippen molar-refractivity contribution in [2.75, 3.05) is 26.2 Å². The number of aromatic hydroxyl groups is 1. The summed E-state index contributed by atoms with van der Waals surface area (Å²) < 4.78 is 0. The molecule has 1 aromatic carbocycles. The van der Waals surface area contributed by atoms with E-state index in [4.69, 9.17) is 0 Å². The number of amides is 2. The molecule has 1 atom stereocenters. The summed E-state index contributed by atoms with van der Waals surface area (Å²) in [6, 6.07) is 7.02. The summed E-state index contributed by atoms with van der Waals surface area (Å²) in [6.07, 6.45) is 8.19. The average Bonchev–Trinajstić information content (AvgIpc) is 3.21. The number of carbonyl (C=O) groups excluding carboxylic acids is 1. The minimum absolute atomic E-state index is 0.106. The number of benzene rings is 1. The molecule has 2 fully saturated rings. The van der Waals surface area contributed by atoms with Crippen molar-refractivity contribution in [1.29, 1.82) is 0 Å². The summed E-state index contributed by atoms with van der Waals surface area (Å²) in [5, 5.41) is 25.1. The van der Waals surface area contributed by atoms with Crippen LogP contribution in [0.15, 0.2) is 24.3 Å². The standard InChI is InChI=1S/C21H33N3O3/c25-19-7-3-4-17(14-19)20(26)15-23-21(27)22-11-8-16-9-12-24(13-10-16)18-5-1-2-6-18/h3-4,7,14,16,18,20,25-26H,1-2,5-6,8-13,15H2,(H2,22,23,27). The molecule has 3 rings (SSSR count). The highest BCUT2D eigenvalue weighted by atomic mass is 16.3. The number of hydrogen-bond donors (Lipinski definition) is 4. The molecule has 27 heavy (non-hydrogen) atoms. The molecule has 6 heteroatoms. The van der Waals surface area contributed by atoms with Gasteiger partial charge in [-0.1, -0.05) is 25.0 Å². The van der Waals surface area contributed by atoms with Crippen molar-refractivity contribution in [3.8, 4) is 5.75 Å². The van der Waals surface area contributed by atoms with Crippen LogP contribution in [0, 0.1) is 5.92 Å². The van der Waals surface area contributed by atoms with Gasteiger partial charge in [-0.15, -0.1) is 0 Å². The summed E-state index contributed by atoms with van der Waals surface area (Å²) in [5.41, 5.74) is 0.587. The maximum absolute atomic E-state index is 11.9. The van der Waals surface area contributed by atoms with Gasteiger partial charge >= 0.3 is 6.03 Å². The van der Waals surface area contributed by atoms with Crippen LogP contribution in [0.2, 0.25) is 0 Å². The van der Waals surface area contributed by atoms with Crippen LogP contribution in [0.3, 0.4) is 0 Å². The summed E-state index contributed by atoms with van der Waals surface area (Å²) in [7, 11) is 0. The number of carbonyl (C=O) groups is 1. The number of urea groups is 1. The third-order valence-corrected chi connectivity index (χ3v) is 6.04. The fourth-order valence-electron chi connectivity index (χ4n) is 4.37. The molecule has 0 radical (unpaired) electrons. The molecule has 2 aliphatic rings. The molecule has 0 spiro atoms. The third-order valence-electron chi connectivity index (χ3n) is 6.04. The molecule has 1 saturated heterocycles. The Kier molecular flexibility index (Phi) is 7.35. The van der Waals surface area contributed by atoms with Crippen molar-refractivity contribution in [1.82, 2.24) is 15.5 Å². The van der Waals surface area contributed by atoms with E-state index >= 15 is 0 Å². The zero-order valence-corrected chi connectivity index (χ0v) is 16.1. The Bertz CT molecular complexity index is 596. The SMILES string of the molecule is O=C(NCCC1CCN(C2CCCC2)CC1)NCC(O)c1cccc(O)c1. The highest BCUT2D eigenvalue weighted by Crippen LogP contribution is 2.28. The summed E-state index contributed by atoms with van der Waals surface area (Å²) >= 11 is 0. The van der Waals surface area contributed by atoms with Gasteiger partial charge in [0, 0.05) is 19.1 Å². The lowest BCUT2D eigenvalue weighted by Crippen LogP contribution is -2.41. The number of phenolic OH excluding ortho intramolecular Hbond substituents is 1. The smallest absolute Gasteiger partial charge is 0.314 e. The van der Waals surface area contributed by atoms with Crippen molar-refractivity contribution in [3.05, 3.63) is 29.8 Å². The van der Waals surface area contributed by atoms with Crippen LogP contribution < -0.4 is 10.6 Å². The first-order valence-corrected chi connectivity index (χ1v) is 10.3. The zero-order chi connectivity index (χ0) is 19.1. The molecule has 0 bridgehead atoms. The molecule has 1 aliphatic carbocycles. The molecule has 150 valence electrons. The third kappa shape index (κ3) is 6.11. The second kappa shape index (κ2) is 9.95. The number of rotatable bonds is 7. The Balaban J connectivity index is 1.27. The molecule has 1 aliphatic heterocycles. The Morgan fingerprint density at radius 2 is 1.89 bits per heavy atom. The first kappa shape index (κ1) is 20.0. The van der Waals surface area contributed by atoms with Crippen molar-refractivity contribution >= 4 is 6.03 Å². The van der Waals surface area contributed by atoms with Gasteiger partial charge in [-0.05, 0) is 68.8 Å². The number of nitrogens with one attached hydrogen (secondary N) is 2. The van der Waals surface area contributed by atoms with E-state index in [2.05, 4.69) is 15.5 Å². The van der Waals surface area contributed by atoms with Gasteiger partial charge in [0.25, 0.3) is 0 Å². The molecule has 1 unspecified atom stereocenters. The van der Waals surface area contributed by atoms with Gasteiger partial charge in [0.2, 0.25) is 0 Å². The number of hydrogen-bond acceptors (Lipinski definition) is 4. The Hall–Kier alpha value is -1.79. The number of piperidine rings is 1. The van der Waals surface area contributed by atoms with E-state index < -0.39 is 6.10 Å². The van der Waals surface area contributed by atoms with Crippen LogP contribution >= 0.6 is 0 Å². The Morgan fingerprint density at radius 3 is 2.59 bits per heavy atom. The second-order valence-electron chi connectivity index (χ2n) is 7.95. The highest BCUT2D eigenvalue weighted by Gasteiger charge is 2.26. The van der Waals surface area contributed by atoms with Gasteiger partial charge in [-0.2, -0.15) is 0 Å². The minimum atomic E-state index is -0.831. The second-order valence-corrected chi connectivity index (χ2v) is 7.95. The number of phenols is 1. The largest absolute Gasteiger partial charge is 0.508 e. The molecule has 4 N–H and O–H groups in total. The lowest BCUT2D eigenvalue weighted by atomic mass is 9.92. The summed E-state index contributed by atoms with van der Waals surface area (Å²) in [5.74, 6) is 0.802. The predicted octanol–water partition coefficient (Wildman–Crippen LogP) is 2.77. The minimum Gasteiger partial charge on any atom is -0.508 e. The average molecular weight is 376 g/mol. The van der Waals surface area contributed by atoms with Crippen LogP contribution in [0.5, 0.6) is 5.75 Å². The van der Waals surface area contributed by atoms with Crippen molar-refractivity contribution in [2.24, 2.45) is 5.92 Å². The van der Waals surface area contributed by atoms with Crippen LogP contribution in [0.1, 0.15) is 56.6 Å². The normalized spacial score (nSPS) is 20.5. The molecule has 1 aromatic rings. The van der Waals surface area contributed by atoms with E-state index in [-0.39, 0.29) is 18.3 Å². The fraction of sp³-hybridized carbons (Fsp3) is 0.667. The van der Waals surface area contributed by atoms with Gasteiger partial charge < -0.3 is 25.7 Å². The molecular formula is C21H33N3O3. The van der Waals surface area contributed by atoms with E-state index in [9.17, 15) is 15.0 Å². The lowest BCUT2D eigenvalue weighted by molar-refractivity contribution is 0.131. The first-order chi connectivity index (χ1) is 13.1. The zero-order valence-electron chi connectivity index (χ0n) is 16.1. The van der Waals surface area contributed by atoms with Gasteiger partial charge in [-0.25, -0.2) is 4.79 Å². The van der Waals surface area contributed by atoms with Crippen molar-refractivity contribution in [2.45, 2.75) is 57.1 Å². The lowest BCUT2D eigenvalue weighted by Gasteiger charge is -2.36. The van der Waals surface area contributed by atoms with Gasteiger partial charge in [-0.3, -0.25) is 0 Å². The molecule has 0 aromatic heterocycles. The van der Waals surface area contributed by atoms with E-state index in [0.717, 1.165) is 12.5 Å². The molecule has 6 nitrogen and oxygen atoms in total. The van der Waals surface area contributed by atoms with Crippen LogP contribution in [-0.4, -0.2) is 53.4 Å². The topological polar surface area (TPSA) is 84.8 Å². The predicted molar refractivity (Wildman–Crippen MR) is 106 cm³/mol. The maximum Gasteiger partial charge on any atom is 0.314 e. The molecule has 1 heterocycles. The quantitative estimate of drug-likeness (QED) is 0.590. The van der Waals surface area contributed by atoms with E-state index in [1.807, 2.05) is 0 Å². The maximum atomic E-state index is 11.9. The highest BCUT2D eigenvalue weighted by molar-refractivity contribution is 5.73. The van der Waals surface area contributed by atoms with Gasteiger partial charge in [0.1, 0.15) is 5.75 Å². The van der Waals surface area contributed by atoms with Crippen LogP contribution in [0.4, 0.5) is 4.79 Å². The van der Waals surface area contributed by atoms with Crippen LogP contribution in [0.25, 0.3) is 0 Å². The van der Waals surface area contributed by atoms with Crippen molar-refractivity contribution < 1.29 is 15.0 Å². The number of aliphatic hydroxyl groups excluding tert-OH is 1. The Morgan fingerprint density at radius 1 is 1.15 bits per heavy atom. The van der Waals surface area contributed by atoms with Gasteiger partial charge in [0.15, 0.2) is 0 Å². The number of aliphatic hydroxyl groups is 1. The summed E-state index contributed by atoms with van der Waals surface area (Å²) in [4.78, 5) is 14.6. The number of nitrogens with zero attached hydrogens (tertiary/aromatic N) is 1.